The van der Waals surface area contributed by atoms with Crippen molar-refractivity contribution in [3.8, 4) is 11.4 Å². The van der Waals surface area contributed by atoms with Gasteiger partial charge in [-0.15, -0.1) is 0 Å². The van der Waals surface area contributed by atoms with Crippen LogP contribution in [0.1, 0.15) is 6.92 Å². The van der Waals surface area contributed by atoms with Gasteiger partial charge in [-0.05, 0) is 53.3 Å². The summed E-state index contributed by atoms with van der Waals surface area (Å²) in [5, 5.41) is 0. The molecule has 3 nitrogen and oxygen atoms in total. The topological polar surface area (TPSA) is 29.9 Å². The first-order chi connectivity index (χ1) is 10.1. The van der Waals surface area contributed by atoms with Crippen LogP contribution >= 0.6 is 28.1 Å². The van der Waals surface area contributed by atoms with Gasteiger partial charge < -0.3 is 9.72 Å². The van der Waals surface area contributed by atoms with E-state index in [-0.39, 0.29) is 5.82 Å². The minimum absolute atomic E-state index is 0.330. The Balaban J connectivity index is 2.33. The number of aromatic amines is 1. The van der Waals surface area contributed by atoms with Crippen LogP contribution in [0.15, 0.2) is 40.9 Å². The largest absolute Gasteiger partial charge is 0.492 e. The molecule has 0 saturated heterocycles. The molecule has 1 heterocycles. The highest BCUT2D eigenvalue weighted by molar-refractivity contribution is 9.10. The van der Waals surface area contributed by atoms with Crippen LogP contribution in [0.5, 0.6) is 5.75 Å². The maximum Gasteiger partial charge on any atom is 0.182 e. The number of aromatic nitrogens is 2. The Kier molecular flexibility index (Phi) is 3.82. The number of ether oxygens (including phenoxy) is 1. The highest BCUT2D eigenvalue weighted by Gasteiger charge is 2.13. The van der Waals surface area contributed by atoms with Crippen molar-refractivity contribution in [3.05, 3.63) is 51.5 Å². The van der Waals surface area contributed by atoms with Crippen molar-refractivity contribution in [3.63, 3.8) is 0 Å². The molecule has 0 atom stereocenters. The number of imidazole rings is 1. The predicted octanol–water partition coefficient (Wildman–Crippen LogP) is 4.99. The number of para-hydroxylation sites is 2. The lowest BCUT2D eigenvalue weighted by Gasteiger charge is -2.11. The zero-order chi connectivity index (χ0) is 15.0. The van der Waals surface area contributed by atoms with Crippen LogP contribution in [0.4, 0.5) is 4.39 Å². The number of benzene rings is 2. The van der Waals surface area contributed by atoms with Crippen molar-refractivity contribution in [2.75, 3.05) is 6.61 Å². The van der Waals surface area contributed by atoms with Gasteiger partial charge in [0.1, 0.15) is 11.6 Å². The molecular formula is C15H12BrFN2OS. The fourth-order valence-electron chi connectivity index (χ4n) is 2.26. The summed E-state index contributed by atoms with van der Waals surface area (Å²) in [5.41, 5.74) is 2.27. The summed E-state index contributed by atoms with van der Waals surface area (Å²) < 4.78 is 22.0. The van der Waals surface area contributed by atoms with Gasteiger partial charge in [0, 0.05) is 6.07 Å². The van der Waals surface area contributed by atoms with Crippen LogP contribution in [0.3, 0.4) is 0 Å². The van der Waals surface area contributed by atoms with Crippen molar-refractivity contribution in [2.45, 2.75) is 6.92 Å². The molecule has 0 aliphatic carbocycles. The number of nitrogens with one attached hydrogen (secondary N) is 1. The quantitative estimate of drug-likeness (QED) is 0.661. The maximum absolute atomic E-state index is 13.7. The fraction of sp³-hybridized carbons (Fsp3) is 0.133. The standard InChI is InChI=1S/C15H12BrFN2OS/c1-2-20-14-6-4-3-5-12(14)19-13-7-9(16)10(17)8-11(13)18-15(19)21/h3-8H,2H2,1H3,(H,18,21). The molecule has 1 N–H and O–H groups in total. The van der Waals surface area contributed by atoms with Crippen LogP contribution < -0.4 is 4.74 Å². The molecule has 3 aromatic rings. The van der Waals surface area contributed by atoms with E-state index in [9.17, 15) is 4.39 Å². The zero-order valence-corrected chi connectivity index (χ0v) is 13.6. The summed E-state index contributed by atoms with van der Waals surface area (Å²) in [6.45, 7) is 2.49. The molecule has 1 aromatic heterocycles. The van der Waals surface area contributed by atoms with E-state index in [1.54, 1.807) is 6.07 Å². The molecule has 0 fully saturated rings. The van der Waals surface area contributed by atoms with E-state index < -0.39 is 0 Å². The molecule has 0 bridgehead atoms. The summed E-state index contributed by atoms with van der Waals surface area (Å²) in [5.74, 6) is 0.404. The Labute approximate surface area is 134 Å². The van der Waals surface area contributed by atoms with Crippen molar-refractivity contribution in [1.82, 2.24) is 9.55 Å². The highest BCUT2D eigenvalue weighted by Crippen LogP contribution is 2.29. The van der Waals surface area contributed by atoms with Gasteiger partial charge in [-0.2, -0.15) is 0 Å². The SMILES string of the molecule is CCOc1ccccc1-n1c(=S)[nH]c2cc(F)c(Br)cc21. The number of halogens is 2. The van der Waals surface area contributed by atoms with Crippen LogP contribution in [0.2, 0.25) is 0 Å². The summed E-state index contributed by atoms with van der Waals surface area (Å²) >= 11 is 8.59. The number of fused-ring (bicyclic) bond motifs is 1. The molecule has 108 valence electrons. The number of H-pyrrole nitrogens is 1. The molecule has 0 spiro atoms. The third-order valence-corrected chi connectivity index (χ3v) is 4.02. The van der Waals surface area contributed by atoms with Crippen molar-refractivity contribution in [2.24, 2.45) is 0 Å². The van der Waals surface area contributed by atoms with Gasteiger partial charge in [-0.1, -0.05) is 12.1 Å². The summed E-state index contributed by atoms with van der Waals surface area (Å²) in [4.78, 5) is 3.02. The highest BCUT2D eigenvalue weighted by atomic mass is 79.9. The normalized spacial score (nSPS) is 11.0. The number of rotatable bonds is 3. The average molecular weight is 367 g/mol. The Morgan fingerprint density at radius 1 is 1.33 bits per heavy atom. The first kappa shape index (κ1) is 14.3. The minimum atomic E-state index is -0.330. The molecule has 21 heavy (non-hydrogen) atoms. The molecular weight excluding hydrogens is 355 g/mol. The Morgan fingerprint density at radius 3 is 2.86 bits per heavy atom. The van der Waals surface area contributed by atoms with Gasteiger partial charge in [0.25, 0.3) is 0 Å². The molecule has 0 aliphatic rings. The van der Waals surface area contributed by atoms with Crippen molar-refractivity contribution >= 4 is 39.2 Å². The minimum Gasteiger partial charge on any atom is -0.492 e. The number of hydrogen-bond acceptors (Lipinski definition) is 2. The molecule has 0 unspecified atom stereocenters. The molecule has 0 radical (unpaired) electrons. The van der Waals surface area contributed by atoms with Gasteiger partial charge in [0.2, 0.25) is 0 Å². The third-order valence-electron chi connectivity index (χ3n) is 3.13. The lowest BCUT2D eigenvalue weighted by molar-refractivity contribution is 0.339. The summed E-state index contributed by atoms with van der Waals surface area (Å²) in [6.07, 6.45) is 0. The van der Waals surface area contributed by atoms with E-state index >= 15 is 0 Å². The van der Waals surface area contributed by atoms with E-state index in [0.29, 0.717) is 21.4 Å². The Hall–Kier alpha value is -1.66. The first-order valence-electron chi connectivity index (χ1n) is 6.43. The molecule has 0 aliphatic heterocycles. The Morgan fingerprint density at radius 2 is 2.10 bits per heavy atom. The molecule has 0 saturated carbocycles. The van der Waals surface area contributed by atoms with Gasteiger partial charge in [-0.3, -0.25) is 4.57 Å². The predicted molar refractivity (Wildman–Crippen MR) is 87.3 cm³/mol. The zero-order valence-electron chi connectivity index (χ0n) is 11.2. The molecule has 3 rings (SSSR count). The summed E-state index contributed by atoms with van der Waals surface area (Å²) in [6, 6.07) is 10.8. The van der Waals surface area contributed by atoms with E-state index in [2.05, 4.69) is 20.9 Å². The van der Waals surface area contributed by atoms with E-state index in [4.69, 9.17) is 17.0 Å². The number of hydrogen-bond donors (Lipinski definition) is 1. The lowest BCUT2D eigenvalue weighted by Crippen LogP contribution is -2.00. The van der Waals surface area contributed by atoms with Crippen LogP contribution in [-0.2, 0) is 0 Å². The van der Waals surface area contributed by atoms with Crippen LogP contribution in [0.25, 0.3) is 16.7 Å². The van der Waals surface area contributed by atoms with Crippen molar-refractivity contribution in [1.29, 1.82) is 0 Å². The van der Waals surface area contributed by atoms with Gasteiger partial charge in [0.15, 0.2) is 4.77 Å². The second-order valence-electron chi connectivity index (χ2n) is 4.45. The second-order valence-corrected chi connectivity index (χ2v) is 5.69. The maximum atomic E-state index is 13.7. The van der Waals surface area contributed by atoms with Crippen molar-refractivity contribution < 1.29 is 9.13 Å². The van der Waals surface area contributed by atoms with Gasteiger partial charge in [0.05, 0.1) is 27.8 Å². The van der Waals surface area contributed by atoms with Crippen LogP contribution in [-0.4, -0.2) is 16.2 Å². The monoisotopic (exact) mass is 366 g/mol. The smallest absolute Gasteiger partial charge is 0.182 e. The van der Waals surface area contributed by atoms with E-state index in [1.807, 2.05) is 35.8 Å². The molecule has 2 aromatic carbocycles. The van der Waals surface area contributed by atoms with Gasteiger partial charge >= 0.3 is 0 Å². The van der Waals surface area contributed by atoms with Gasteiger partial charge in [-0.25, -0.2) is 4.39 Å². The number of nitrogens with zero attached hydrogens (tertiary/aromatic N) is 1. The van der Waals surface area contributed by atoms with E-state index in [0.717, 1.165) is 17.0 Å². The summed E-state index contributed by atoms with van der Waals surface area (Å²) in [7, 11) is 0. The Bertz CT molecular complexity index is 872. The van der Waals surface area contributed by atoms with Crippen LogP contribution in [0, 0.1) is 10.6 Å². The van der Waals surface area contributed by atoms with E-state index in [1.165, 1.54) is 6.07 Å². The second kappa shape index (κ2) is 5.61. The third kappa shape index (κ3) is 2.49. The lowest BCUT2D eigenvalue weighted by atomic mass is 10.2. The fourth-order valence-corrected chi connectivity index (χ4v) is 2.90. The molecule has 6 heteroatoms. The first-order valence-corrected chi connectivity index (χ1v) is 7.64. The average Bonchev–Trinajstić information content (AvgIpc) is 2.76. The molecule has 0 amide bonds.